The number of rotatable bonds is 5. The van der Waals surface area contributed by atoms with Crippen LogP contribution in [-0.4, -0.2) is 28.0 Å². The summed E-state index contributed by atoms with van der Waals surface area (Å²) in [6, 6.07) is 0.150. The average Bonchev–Trinajstić information content (AvgIpc) is 2.85. The highest BCUT2D eigenvalue weighted by molar-refractivity contribution is 5.82. The van der Waals surface area contributed by atoms with Gasteiger partial charge in [0.15, 0.2) is 0 Å². The number of H-pyrrole nitrogens is 1. The van der Waals surface area contributed by atoms with Crippen molar-refractivity contribution in [1.29, 1.82) is 0 Å². The number of nitrogens with zero attached hydrogens (tertiary/aromatic N) is 1. The topological polar surface area (TPSA) is 69.8 Å². The summed E-state index contributed by atoms with van der Waals surface area (Å²) in [6.07, 6.45) is 5.49. The van der Waals surface area contributed by atoms with Crippen molar-refractivity contribution < 1.29 is 4.79 Å². The molecule has 2 rings (SSSR count). The summed E-state index contributed by atoms with van der Waals surface area (Å²) in [5.74, 6) is 0.101. The van der Waals surface area contributed by atoms with Crippen LogP contribution in [0.4, 0.5) is 0 Å². The van der Waals surface area contributed by atoms with Crippen LogP contribution < -0.4 is 10.6 Å². The molecule has 5 nitrogen and oxygen atoms in total. The zero-order chi connectivity index (χ0) is 13.0. The molecule has 0 aromatic carbocycles. The van der Waals surface area contributed by atoms with Crippen LogP contribution in [0.25, 0.3) is 0 Å². The second kappa shape index (κ2) is 6.00. The maximum absolute atomic E-state index is 12.2. The molecule has 2 heterocycles. The molecule has 0 saturated carbocycles. The zero-order valence-electron chi connectivity index (χ0n) is 11.1. The fraction of sp³-hybridized carbons (Fsp3) is 0.692. The molecule has 2 unspecified atom stereocenters. The lowest BCUT2D eigenvalue weighted by atomic mass is 10.0. The first-order valence-electron chi connectivity index (χ1n) is 6.79. The van der Waals surface area contributed by atoms with Crippen molar-refractivity contribution in [1.82, 2.24) is 20.6 Å². The number of carbonyl (C=O) groups is 1. The third-order valence-electron chi connectivity index (χ3n) is 3.52. The minimum absolute atomic E-state index is 0.101. The van der Waals surface area contributed by atoms with Crippen molar-refractivity contribution in [2.45, 2.75) is 58.2 Å². The first-order chi connectivity index (χ1) is 8.74. The second-order valence-corrected chi connectivity index (χ2v) is 4.87. The molecule has 2 atom stereocenters. The summed E-state index contributed by atoms with van der Waals surface area (Å²) in [4.78, 5) is 19.5. The Morgan fingerprint density at radius 2 is 2.44 bits per heavy atom. The van der Waals surface area contributed by atoms with E-state index in [0.29, 0.717) is 19.0 Å². The Hall–Kier alpha value is -1.36. The Morgan fingerprint density at radius 1 is 1.61 bits per heavy atom. The van der Waals surface area contributed by atoms with E-state index in [4.69, 9.17) is 0 Å². The van der Waals surface area contributed by atoms with Crippen molar-refractivity contribution in [3.8, 4) is 0 Å². The molecular weight excluding hydrogens is 228 g/mol. The summed E-state index contributed by atoms with van der Waals surface area (Å²) >= 11 is 0. The van der Waals surface area contributed by atoms with E-state index >= 15 is 0 Å². The van der Waals surface area contributed by atoms with Gasteiger partial charge < -0.3 is 10.3 Å². The number of carbonyl (C=O) groups excluding carboxylic acids is 1. The third-order valence-corrected chi connectivity index (χ3v) is 3.52. The summed E-state index contributed by atoms with van der Waals surface area (Å²) in [6.45, 7) is 4.95. The lowest BCUT2D eigenvalue weighted by molar-refractivity contribution is -0.124. The molecule has 1 aromatic rings. The molecular formula is C13H22N4O. The molecule has 1 aromatic heterocycles. The average molecular weight is 250 g/mol. The minimum Gasteiger partial charge on any atom is -0.352 e. The van der Waals surface area contributed by atoms with Crippen LogP contribution in [0.1, 0.15) is 44.5 Å². The molecule has 0 radical (unpaired) electrons. The Labute approximate surface area is 108 Å². The fourth-order valence-electron chi connectivity index (χ4n) is 2.38. The number of aromatic nitrogens is 2. The van der Waals surface area contributed by atoms with Crippen molar-refractivity contribution in [2.24, 2.45) is 0 Å². The molecule has 0 saturated heterocycles. The Kier molecular flexibility index (Phi) is 4.36. The van der Waals surface area contributed by atoms with E-state index in [2.05, 4.69) is 34.4 Å². The van der Waals surface area contributed by atoms with Crippen molar-refractivity contribution in [3.05, 3.63) is 17.7 Å². The number of amides is 1. The van der Waals surface area contributed by atoms with Crippen LogP contribution in [0.15, 0.2) is 6.33 Å². The molecule has 1 aliphatic heterocycles. The second-order valence-electron chi connectivity index (χ2n) is 4.87. The van der Waals surface area contributed by atoms with Crippen LogP contribution in [0.5, 0.6) is 0 Å². The predicted octanol–water partition coefficient (Wildman–Crippen LogP) is 1.12. The SMILES string of the molecule is CCCC(CC)NC(=O)C1Cc2nc[nH]c2CN1. The maximum Gasteiger partial charge on any atom is 0.237 e. The van der Waals surface area contributed by atoms with Crippen LogP contribution >= 0.6 is 0 Å². The van der Waals surface area contributed by atoms with Gasteiger partial charge in [-0.05, 0) is 12.8 Å². The summed E-state index contributed by atoms with van der Waals surface area (Å²) in [5, 5.41) is 6.37. The monoisotopic (exact) mass is 250 g/mol. The van der Waals surface area contributed by atoms with Gasteiger partial charge in [-0.2, -0.15) is 0 Å². The van der Waals surface area contributed by atoms with Gasteiger partial charge >= 0.3 is 0 Å². The molecule has 0 fully saturated rings. The zero-order valence-corrected chi connectivity index (χ0v) is 11.1. The number of aromatic amines is 1. The Morgan fingerprint density at radius 3 is 3.17 bits per heavy atom. The maximum atomic E-state index is 12.2. The number of hydrogen-bond acceptors (Lipinski definition) is 3. The molecule has 0 spiro atoms. The van der Waals surface area contributed by atoms with Crippen LogP contribution in [-0.2, 0) is 17.8 Å². The van der Waals surface area contributed by atoms with Crippen molar-refractivity contribution in [2.75, 3.05) is 0 Å². The van der Waals surface area contributed by atoms with Gasteiger partial charge in [0, 0.05) is 19.0 Å². The number of fused-ring (bicyclic) bond motifs is 1. The third kappa shape index (κ3) is 2.90. The molecule has 3 N–H and O–H groups in total. The van der Waals surface area contributed by atoms with Crippen molar-refractivity contribution >= 4 is 5.91 Å². The van der Waals surface area contributed by atoms with E-state index in [1.807, 2.05) is 0 Å². The highest BCUT2D eigenvalue weighted by Crippen LogP contribution is 2.12. The minimum atomic E-state index is -0.147. The first kappa shape index (κ1) is 13.1. The van der Waals surface area contributed by atoms with E-state index in [9.17, 15) is 4.79 Å². The quantitative estimate of drug-likeness (QED) is 0.733. The Balaban J connectivity index is 1.91. The molecule has 1 aliphatic rings. The summed E-state index contributed by atoms with van der Waals surface area (Å²) in [7, 11) is 0. The molecule has 5 heteroatoms. The Bertz CT molecular complexity index is 401. The number of imidazole rings is 1. The largest absolute Gasteiger partial charge is 0.352 e. The van der Waals surface area contributed by atoms with Crippen molar-refractivity contribution in [3.63, 3.8) is 0 Å². The first-order valence-corrected chi connectivity index (χ1v) is 6.79. The molecule has 1 amide bonds. The van der Waals surface area contributed by atoms with Gasteiger partial charge in [0.05, 0.1) is 23.8 Å². The van der Waals surface area contributed by atoms with E-state index in [0.717, 1.165) is 30.7 Å². The summed E-state index contributed by atoms with van der Waals surface area (Å²) < 4.78 is 0. The summed E-state index contributed by atoms with van der Waals surface area (Å²) in [5.41, 5.74) is 2.11. The predicted molar refractivity (Wildman–Crippen MR) is 70.0 cm³/mol. The van der Waals surface area contributed by atoms with Crippen LogP contribution in [0.2, 0.25) is 0 Å². The van der Waals surface area contributed by atoms with E-state index in [1.54, 1.807) is 6.33 Å². The number of hydrogen-bond donors (Lipinski definition) is 3. The lowest BCUT2D eigenvalue weighted by Gasteiger charge is -2.25. The van der Waals surface area contributed by atoms with Gasteiger partial charge in [-0.3, -0.25) is 10.1 Å². The normalized spacial score (nSPS) is 20.2. The standard InChI is InChI=1S/C13H22N4O/c1-3-5-9(4-2)17-13(18)11-6-10-12(7-14-11)16-8-15-10/h8-9,11,14H,3-7H2,1-2H3,(H,15,16)(H,17,18). The van der Waals surface area contributed by atoms with Crippen LogP contribution in [0.3, 0.4) is 0 Å². The smallest absolute Gasteiger partial charge is 0.237 e. The van der Waals surface area contributed by atoms with Gasteiger partial charge in [0.25, 0.3) is 0 Å². The van der Waals surface area contributed by atoms with Gasteiger partial charge in [-0.15, -0.1) is 0 Å². The van der Waals surface area contributed by atoms with E-state index in [-0.39, 0.29) is 11.9 Å². The number of nitrogens with one attached hydrogen (secondary N) is 3. The van der Waals surface area contributed by atoms with Gasteiger partial charge in [0.2, 0.25) is 5.91 Å². The molecule has 100 valence electrons. The van der Waals surface area contributed by atoms with Gasteiger partial charge in [0.1, 0.15) is 0 Å². The van der Waals surface area contributed by atoms with Gasteiger partial charge in [-0.25, -0.2) is 4.98 Å². The van der Waals surface area contributed by atoms with Crippen LogP contribution in [0, 0.1) is 0 Å². The van der Waals surface area contributed by atoms with E-state index in [1.165, 1.54) is 0 Å². The van der Waals surface area contributed by atoms with E-state index < -0.39 is 0 Å². The highest BCUT2D eigenvalue weighted by atomic mass is 16.2. The highest BCUT2D eigenvalue weighted by Gasteiger charge is 2.26. The lowest BCUT2D eigenvalue weighted by Crippen LogP contribution is -2.50. The molecule has 0 bridgehead atoms. The van der Waals surface area contributed by atoms with Gasteiger partial charge in [-0.1, -0.05) is 20.3 Å². The molecule has 18 heavy (non-hydrogen) atoms. The molecule has 0 aliphatic carbocycles. The fourth-order valence-corrected chi connectivity index (χ4v) is 2.38.